The second-order valence-electron chi connectivity index (χ2n) is 8.96. The molecule has 0 aromatic heterocycles. The Labute approximate surface area is 226 Å². The van der Waals surface area contributed by atoms with Crippen molar-refractivity contribution in [3.8, 4) is 16.9 Å². The molecule has 39 heavy (non-hydrogen) atoms. The average Bonchev–Trinajstić information content (AvgIpc) is 3.24. The van der Waals surface area contributed by atoms with Crippen molar-refractivity contribution in [3.63, 3.8) is 0 Å². The number of aromatic hydroxyl groups is 1. The number of benzene rings is 3. The summed E-state index contributed by atoms with van der Waals surface area (Å²) in [5.74, 6) is -2.10. The van der Waals surface area contributed by atoms with Gasteiger partial charge in [0.05, 0.1) is 5.92 Å². The smallest absolute Gasteiger partial charge is 0.242 e. The average molecular weight is 531 g/mol. The van der Waals surface area contributed by atoms with E-state index in [1.54, 1.807) is 24.3 Å². The normalized spacial score (nSPS) is 12.1. The largest absolute Gasteiger partial charge is 0.550 e. The number of guanidine groups is 1. The predicted octanol–water partition coefficient (Wildman–Crippen LogP) is 1.12. The van der Waals surface area contributed by atoms with Crippen LogP contribution in [-0.4, -0.2) is 41.4 Å². The lowest BCUT2D eigenvalue weighted by atomic mass is 9.95. The fourth-order valence-corrected chi connectivity index (χ4v) is 4.43. The van der Waals surface area contributed by atoms with Gasteiger partial charge in [0, 0.05) is 24.6 Å². The zero-order valence-corrected chi connectivity index (χ0v) is 21.6. The SMILES string of the molecule is CC(=O)[O-].NC(N)=NCCC[C@@H](NC(=O)C1c2ccccc2-c2ccccc21)C(=O)NCc1ccccc1O. The van der Waals surface area contributed by atoms with Crippen molar-refractivity contribution < 1.29 is 24.6 Å². The molecule has 0 spiro atoms. The van der Waals surface area contributed by atoms with E-state index in [1.807, 2.05) is 48.5 Å². The van der Waals surface area contributed by atoms with Crippen molar-refractivity contribution in [2.45, 2.75) is 38.3 Å². The number of aliphatic carboxylic acids is 1. The van der Waals surface area contributed by atoms with Crippen LogP contribution in [0, 0.1) is 0 Å². The van der Waals surface area contributed by atoms with Gasteiger partial charge in [-0.1, -0.05) is 66.7 Å². The molecule has 0 radical (unpaired) electrons. The zero-order chi connectivity index (χ0) is 28.4. The van der Waals surface area contributed by atoms with Gasteiger partial charge < -0.3 is 37.1 Å². The topological polar surface area (TPSA) is 183 Å². The zero-order valence-electron chi connectivity index (χ0n) is 21.6. The molecule has 0 saturated heterocycles. The summed E-state index contributed by atoms with van der Waals surface area (Å²) in [6.45, 7) is 1.46. The van der Waals surface area contributed by atoms with Crippen LogP contribution in [0.25, 0.3) is 11.1 Å². The van der Waals surface area contributed by atoms with E-state index in [1.165, 1.54) is 0 Å². The predicted molar refractivity (Wildman–Crippen MR) is 146 cm³/mol. The quantitative estimate of drug-likeness (QED) is 0.156. The molecule has 0 heterocycles. The van der Waals surface area contributed by atoms with Crippen LogP contribution in [0.4, 0.5) is 0 Å². The number of phenolic OH excluding ortho intramolecular Hbond substituents is 1. The van der Waals surface area contributed by atoms with Gasteiger partial charge in [0.25, 0.3) is 0 Å². The maximum Gasteiger partial charge on any atom is 0.242 e. The first kappa shape index (κ1) is 28.7. The molecule has 1 atom stereocenters. The molecular weight excluding hydrogens is 498 g/mol. The van der Waals surface area contributed by atoms with Crippen LogP contribution in [0.15, 0.2) is 77.8 Å². The van der Waals surface area contributed by atoms with E-state index in [2.05, 4.69) is 15.6 Å². The fourth-order valence-electron chi connectivity index (χ4n) is 4.43. The van der Waals surface area contributed by atoms with Crippen LogP contribution in [-0.2, 0) is 20.9 Å². The maximum atomic E-state index is 13.6. The Morgan fingerprint density at radius 3 is 2.05 bits per heavy atom. The Kier molecular flexibility index (Phi) is 10.0. The van der Waals surface area contributed by atoms with Gasteiger partial charge in [0.1, 0.15) is 11.8 Å². The third-order valence-corrected chi connectivity index (χ3v) is 6.12. The number of nitrogens with two attached hydrogens (primary N) is 2. The summed E-state index contributed by atoms with van der Waals surface area (Å²) in [7, 11) is 0. The van der Waals surface area contributed by atoms with Crippen molar-refractivity contribution in [1.29, 1.82) is 0 Å². The Balaban J connectivity index is 0.000000983. The second-order valence-corrected chi connectivity index (χ2v) is 8.96. The maximum absolute atomic E-state index is 13.6. The van der Waals surface area contributed by atoms with Crippen LogP contribution < -0.4 is 27.2 Å². The molecule has 1 aliphatic rings. The number of hydrogen-bond donors (Lipinski definition) is 5. The van der Waals surface area contributed by atoms with E-state index in [0.717, 1.165) is 29.2 Å². The van der Waals surface area contributed by atoms with Gasteiger partial charge in [-0.2, -0.15) is 0 Å². The highest BCUT2D eigenvalue weighted by molar-refractivity contribution is 5.98. The number of carbonyl (C=O) groups is 3. The molecule has 2 amide bonds. The minimum absolute atomic E-state index is 0.0197. The molecule has 0 unspecified atom stereocenters. The van der Waals surface area contributed by atoms with Gasteiger partial charge in [-0.05, 0) is 48.1 Å². The molecule has 0 saturated carbocycles. The van der Waals surface area contributed by atoms with Gasteiger partial charge in [-0.25, -0.2) is 0 Å². The number of nitrogens with one attached hydrogen (secondary N) is 2. The Morgan fingerprint density at radius 1 is 0.949 bits per heavy atom. The number of carboxylic acid groups (broad SMARTS) is 1. The number of rotatable bonds is 9. The van der Waals surface area contributed by atoms with Crippen LogP contribution >= 0.6 is 0 Å². The first-order chi connectivity index (χ1) is 18.7. The molecule has 3 aromatic rings. The van der Waals surface area contributed by atoms with Gasteiger partial charge in [-0.3, -0.25) is 14.6 Å². The van der Waals surface area contributed by atoms with Crippen molar-refractivity contribution in [2.24, 2.45) is 16.5 Å². The summed E-state index contributed by atoms with van der Waals surface area (Å²) < 4.78 is 0. The third kappa shape index (κ3) is 7.81. The highest BCUT2D eigenvalue weighted by atomic mass is 16.4. The van der Waals surface area contributed by atoms with Gasteiger partial charge in [0.2, 0.25) is 11.8 Å². The molecule has 10 heteroatoms. The van der Waals surface area contributed by atoms with Crippen LogP contribution in [0.2, 0.25) is 0 Å². The monoisotopic (exact) mass is 530 g/mol. The van der Waals surface area contributed by atoms with Gasteiger partial charge >= 0.3 is 0 Å². The molecular formula is C29H32N5O5-. The number of phenols is 1. The van der Waals surface area contributed by atoms with Crippen molar-refractivity contribution >= 4 is 23.7 Å². The number of amides is 2. The molecule has 204 valence electrons. The lowest BCUT2D eigenvalue weighted by Gasteiger charge is -2.21. The van der Waals surface area contributed by atoms with Crippen molar-refractivity contribution in [2.75, 3.05) is 6.54 Å². The highest BCUT2D eigenvalue weighted by Gasteiger charge is 2.35. The molecule has 1 aliphatic carbocycles. The second kappa shape index (κ2) is 13.6. The first-order valence-electron chi connectivity index (χ1n) is 12.4. The van der Waals surface area contributed by atoms with E-state index >= 15 is 0 Å². The Morgan fingerprint density at radius 2 is 1.49 bits per heavy atom. The summed E-state index contributed by atoms with van der Waals surface area (Å²) in [5.41, 5.74) is 15.3. The third-order valence-electron chi connectivity index (χ3n) is 6.12. The molecule has 0 fully saturated rings. The Hall–Kier alpha value is -4.86. The summed E-state index contributed by atoms with van der Waals surface area (Å²) in [6.07, 6.45) is 0.857. The minimum atomic E-state index is -1.08. The van der Waals surface area contributed by atoms with Crippen LogP contribution in [0.5, 0.6) is 5.75 Å². The number of carbonyl (C=O) groups excluding carboxylic acids is 3. The van der Waals surface area contributed by atoms with E-state index in [-0.39, 0.29) is 30.1 Å². The molecule has 0 aliphatic heterocycles. The number of carboxylic acids is 1. The van der Waals surface area contributed by atoms with Gasteiger partial charge in [-0.15, -0.1) is 0 Å². The van der Waals surface area contributed by atoms with E-state index < -0.39 is 17.9 Å². The number of nitrogens with zero attached hydrogens (tertiary/aromatic N) is 1. The lowest BCUT2D eigenvalue weighted by Crippen LogP contribution is -2.48. The molecule has 0 bridgehead atoms. The van der Waals surface area contributed by atoms with E-state index in [9.17, 15) is 14.7 Å². The number of hydrogen-bond acceptors (Lipinski definition) is 6. The fraction of sp³-hybridized carbons (Fsp3) is 0.241. The summed E-state index contributed by atoms with van der Waals surface area (Å²) >= 11 is 0. The summed E-state index contributed by atoms with van der Waals surface area (Å²) in [5, 5.41) is 24.7. The summed E-state index contributed by atoms with van der Waals surface area (Å²) in [4.78, 5) is 39.5. The number of para-hydroxylation sites is 1. The summed E-state index contributed by atoms with van der Waals surface area (Å²) in [6, 6.07) is 21.6. The first-order valence-corrected chi connectivity index (χ1v) is 12.4. The van der Waals surface area contributed by atoms with E-state index in [0.29, 0.717) is 24.9 Å². The molecule has 10 nitrogen and oxygen atoms in total. The highest BCUT2D eigenvalue weighted by Crippen LogP contribution is 2.44. The van der Waals surface area contributed by atoms with Gasteiger partial charge in [0.15, 0.2) is 5.96 Å². The molecule has 7 N–H and O–H groups in total. The van der Waals surface area contributed by atoms with E-state index in [4.69, 9.17) is 21.4 Å². The number of fused-ring (bicyclic) bond motifs is 3. The number of aliphatic imine (C=N–C) groups is 1. The lowest BCUT2D eigenvalue weighted by molar-refractivity contribution is -0.302. The molecule has 4 rings (SSSR count). The molecule has 3 aromatic carbocycles. The van der Waals surface area contributed by atoms with Crippen molar-refractivity contribution in [3.05, 3.63) is 89.5 Å². The van der Waals surface area contributed by atoms with Crippen LogP contribution in [0.1, 0.15) is 42.4 Å². The standard InChI is InChI=1S/C27H29N5O3.C2H4O2/c28-27(29)30-15-7-13-22(25(34)31-16-17-8-1-6-14-23(17)33)32-26(35)24-20-11-4-2-9-18(20)19-10-3-5-12-21(19)24;1-2(3)4/h1-6,8-12,14,22,24,33H,7,13,15-16H2,(H,31,34)(H,32,35)(H4,28,29,30);1H3,(H,3,4)/p-1/t22-;/m1./s1. The minimum Gasteiger partial charge on any atom is -0.550 e. The van der Waals surface area contributed by atoms with Crippen molar-refractivity contribution in [1.82, 2.24) is 10.6 Å². The van der Waals surface area contributed by atoms with Crippen LogP contribution in [0.3, 0.4) is 0 Å². The Bertz CT molecular complexity index is 1300.